The molecule has 8 heteroatoms. The summed E-state index contributed by atoms with van der Waals surface area (Å²) >= 11 is 5.83. The summed E-state index contributed by atoms with van der Waals surface area (Å²) in [4.78, 5) is 42.8. The van der Waals surface area contributed by atoms with Crippen molar-refractivity contribution < 1.29 is 14.7 Å². The van der Waals surface area contributed by atoms with Crippen molar-refractivity contribution in [2.24, 2.45) is 0 Å². The lowest BCUT2D eigenvalue weighted by molar-refractivity contribution is -0.139. The van der Waals surface area contributed by atoms with Crippen molar-refractivity contribution in [2.45, 2.75) is 6.04 Å². The lowest BCUT2D eigenvalue weighted by Crippen LogP contribution is -2.36. The summed E-state index contributed by atoms with van der Waals surface area (Å²) in [5.41, 5.74) is 0.0521. The van der Waals surface area contributed by atoms with Crippen LogP contribution in [0.15, 0.2) is 65.6 Å². The Labute approximate surface area is 158 Å². The van der Waals surface area contributed by atoms with E-state index in [1.807, 2.05) is 0 Å². The highest BCUT2D eigenvalue weighted by Crippen LogP contribution is 2.17. The summed E-state index contributed by atoms with van der Waals surface area (Å²) in [6, 6.07) is 13.6. The molecule has 0 unspecified atom stereocenters. The maximum atomic E-state index is 12.4. The van der Waals surface area contributed by atoms with Gasteiger partial charge in [0.2, 0.25) is 0 Å². The smallest absolute Gasteiger partial charge is 0.330 e. The fraction of sp³-hybridized carbons (Fsp3) is 0.0526. The van der Waals surface area contributed by atoms with Gasteiger partial charge in [-0.05, 0) is 29.8 Å². The van der Waals surface area contributed by atoms with E-state index in [0.29, 0.717) is 16.1 Å². The van der Waals surface area contributed by atoms with E-state index in [1.165, 1.54) is 0 Å². The molecular formula is C19H14ClN3O4. The fourth-order valence-corrected chi connectivity index (χ4v) is 2.58. The highest BCUT2D eigenvalue weighted by Gasteiger charge is 2.24. The number of hydrogen-bond donors (Lipinski definition) is 3. The average Bonchev–Trinajstić information content (AvgIpc) is 2.67. The van der Waals surface area contributed by atoms with Gasteiger partial charge in [-0.1, -0.05) is 41.9 Å². The summed E-state index contributed by atoms with van der Waals surface area (Å²) in [7, 11) is 0. The second kappa shape index (κ2) is 7.84. The zero-order valence-corrected chi connectivity index (χ0v) is 14.6. The second-order valence-electron chi connectivity index (χ2n) is 5.64. The molecule has 0 saturated carbocycles. The van der Waals surface area contributed by atoms with Gasteiger partial charge in [0.05, 0.1) is 0 Å². The van der Waals surface area contributed by atoms with Crippen LogP contribution in [0.1, 0.15) is 22.0 Å². The number of nitrogens with one attached hydrogen (secondary N) is 2. The molecule has 7 nitrogen and oxygen atoms in total. The molecule has 0 radical (unpaired) electrons. The third kappa shape index (κ3) is 4.21. The van der Waals surface area contributed by atoms with Crippen LogP contribution in [-0.2, 0) is 4.79 Å². The SMILES string of the molecule is O=C(N[C@H](C(=O)O)c1ccccc1)c1cnc(-c2ccc(Cl)cc2)[nH]c1=O. The van der Waals surface area contributed by atoms with Crippen molar-refractivity contribution in [2.75, 3.05) is 0 Å². The minimum absolute atomic E-state index is 0.270. The number of amides is 1. The topological polar surface area (TPSA) is 112 Å². The molecule has 1 aromatic heterocycles. The van der Waals surface area contributed by atoms with E-state index in [1.54, 1.807) is 54.6 Å². The zero-order chi connectivity index (χ0) is 19.4. The molecule has 0 aliphatic rings. The quantitative estimate of drug-likeness (QED) is 0.627. The summed E-state index contributed by atoms with van der Waals surface area (Å²) in [5.74, 6) is -1.80. The van der Waals surface area contributed by atoms with E-state index in [9.17, 15) is 19.5 Å². The molecule has 0 saturated heterocycles. The minimum Gasteiger partial charge on any atom is -0.479 e. The molecule has 1 amide bonds. The van der Waals surface area contributed by atoms with Crippen LogP contribution in [0.4, 0.5) is 0 Å². The molecule has 0 spiro atoms. The Kier molecular flexibility index (Phi) is 5.33. The van der Waals surface area contributed by atoms with Crippen molar-refractivity contribution >= 4 is 23.5 Å². The molecule has 1 heterocycles. The molecule has 2 aromatic carbocycles. The van der Waals surface area contributed by atoms with Crippen molar-refractivity contribution in [3.8, 4) is 11.4 Å². The predicted molar refractivity (Wildman–Crippen MR) is 99.6 cm³/mol. The summed E-state index contributed by atoms with van der Waals surface area (Å²) < 4.78 is 0. The first-order valence-electron chi connectivity index (χ1n) is 7.89. The number of carboxylic acid groups (broad SMARTS) is 1. The van der Waals surface area contributed by atoms with E-state index in [4.69, 9.17) is 11.6 Å². The normalized spacial score (nSPS) is 11.6. The highest BCUT2D eigenvalue weighted by atomic mass is 35.5. The number of carbonyl (C=O) groups is 2. The van der Waals surface area contributed by atoms with Crippen molar-refractivity contribution in [1.29, 1.82) is 0 Å². The average molecular weight is 384 g/mol. The molecule has 0 fully saturated rings. The van der Waals surface area contributed by atoms with Gasteiger partial charge in [0.15, 0.2) is 6.04 Å². The molecule has 0 bridgehead atoms. The fourth-order valence-electron chi connectivity index (χ4n) is 2.45. The first-order valence-corrected chi connectivity index (χ1v) is 8.27. The number of carbonyl (C=O) groups excluding carboxylic acids is 1. The zero-order valence-electron chi connectivity index (χ0n) is 13.8. The van der Waals surface area contributed by atoms with E-state index < -0.39 is 23.5 Å². The molecular weight excluding hydrogens is 370 g/mol. The number of nitrogens with zero attached hydrogens (tertiary/aromatic N) is 1. The molecule has 1 atom stereocenters. The molecule has 0 aliphatic heterocycles. The van der Waals surface area contributed by atoms with Gasteiger partial charge in [-0.15, -0.1) is 0 Å². The van der Waals surface area contributed by atoms with Crippen molar-refractivity contribution in [3.63, 3.8) is 0 Å². The first kappa shape index (κ1) is 18.3. The van der Waals surface area contributed by atoms with Gasteiger partial charge in [-0.3, -0.25) is 9.59 Å². The molecule has 136 valence electrons. The van der Waals surface area contributed by atoms with Crippen LogP contribution in [0, 0.1) is 0 Å². The number of aromatic amines is 1. The maximum absolute atomic E-state index is 12.4. The van der Waals surface area contributed by atoms with Crippen LogP contribution < -0.4 is 10.9 Å². The summed E-state index contributed by atoms with van der Waals surface area (Å²) in [6.45, 7) is 0. The number of carboxylic acids is 1. The number of H-pyrrole nitrogens is 1. The highest BCUT2D eigenvalue weighted by molar-refractivity contribution is 6.30. The summed E-state index contributed by atoms with van der Waals surface area (Å²) in [6.07, 6.45) is 1.11. The van der Waals surface area contributed by atoms with Crippen LogP contribution in [-0.4, -0.2) is 27.0 Å². The molecule has 27 heavy (non-hydrogen) atoms. The molecule has 0 aliphatic carbocycles. The Morgan fingerprint density at radius 2 is 1.74 bits per heavy atom. The Hall–Kier alpha value is -3.45. The number of aromatic nitrogens is 2. The van der Waals surface area contributed by atoms with Crippen LogP contribution >= 0.6 is 11.6 Å². The Morgan fingerprint density at radius 1 is 1.07 bits per heavy atom. The predicted octanol–water partition coefficient (Wildman–Crippen LogP) is 2.65. The van der Waals surface area contributed by atoms with E-state index in [0.717, 1.165) is 6.20 Å². The Morgan fingerprint density at radius 3 is 2.33 bits per heavy atom. The van der Waals surface area contributed by atoms with Gasteiger partial charge in [-0.2, -0.15) is 0 Å². The third-order valence-electron chi connectivity index (χ3n) is 3.82. The van der Waals surface area contributed by atoms with Crippen molar-refractivity contribution in [1.82, 2.24) is 15.3 Å². The number of rotatable bonds is 5. The lowest BCUT2D eigenvalue weighted by atomic mass is 10.1. The Bertz CT molecular complexity index is 1030. The number of benzene rings is 2. The molecule has 3 aromatic rings. The van der Waals surface area contributed by atoms with Crippen LogP contribution in [0.5, 0.6) is 0 Å². The standard InChI is InChI=1S/C19H14ClN3O4/c20-13-8-6-12(7-9-13)16-21-10-14(18(25)23-16)17(24)22-15(19(26)27)11-4-2-1-3-5-11/h1-10,15H,(H,22,24)(H,26,27)(H,21,23,25)/t15-/m0/s1. The van der Waals surface area contributed by atoms with Crippen molar-refractivity contribution in [3.05, 3.63) is 87.3 Å². The second-order valence-corrected chi connectivity index (χ2v) is 6.07. The van der Waals surface area contributed by atoms with Gasteiger partial charge in [-0.25, -0.2) is 9.78 Å². The van der Waals surface area contributed by atoms with Gasteiger partial charge in [0, 0.05) is 16.8 Å². The number of halogens is 1. The monoisotopic (exact) mass is 383 g/mol. The maximum Gasteiger partial charge on any atom is 0.330 e. The largest absolute Gasteiger partial charge is 0.479 e. The van der Waals surface area contributed by atoms with Crippen LogP contribution in [0.3, 0.4) is 0 Å². The van der Waals surface area contributed by atoms with Gasteiger partial charge < -0.3 is 15.4 Å². The van der Waals surface area contributed by atoms with Crippen LogP contribution in [0.2, 0.25) is 5.02 Å². The minimum atomic E-state index is -1.28. The third-order valence-corrected chi connectivity index (χ3v) is 4.07. The molecule has 3 N–H and O–H groups in total. The van der Waals surface area contributed by atoms with Gasteiger partial charge in [0.25, 0.3) is 11.5 Å². The van der Waals surface area contributed by atoms with E-state index in [2.05, 4.69) is 15.3 Å². The Balaban J connectivity index is 1.85. The lowest BCUT2D eigenvalue weighted by Gasteiger charge is -2.14. The first-order chi connectivity index (χ1) is 13.0. The van der Waals surface area contributed by atoms with E-state index >= 15 is 0 Å². The van der Waals surface area contributed by atoms with Gasteiger partial charge >= 0.3 is 5.97 Å². The van der Waals surface area contributed by atoms with Gasteiger partial charge in [0.1, 0.15) is 11.4 Å². The number of hydrogen-bond acceptors (Lipinski definition) is 4. The van der Waals surface area contributed by atoms with E-state index in [-0.39, 0.29) is 11.4 Å². The number of aliphatic carboxylic acids is 1. The molecule has 3 rings (SSSR count). The van der Waals surface area contributed by atoms with Crippen LogP contribution in [0.25, 0.3) is 11.4 Å². The summed E-state index contributed by atoms with van der Waals surface area (Å²) in [5, 5.41) is 12.3.